The lowest BCUT2D eigenvalue weighted by atomic mass is 10.1. The van der Waals surface area contributed by atoms with Gasteiger partial charge in [0.15, 0.2) is 0 Å². The van der Waals surface area contributed by atoms with Gasteiger partial charge in [0, 0.05) is 23.0 Å². The number of nitrogens with one attached hydrogen (secondary N) is 1. The van der Waals surface area contributed by atoms with E-state index in [1.165, 1.54) is 0 Å². The van der Waals surface area contributed by atoms with Gasteiger partial charge in [0.25, 0.3) is 5.91 Å². The van der Waals surface area contributed by atoms with E-state index in [0.29, 0.717) is 16.1 Å². The molecule has 5 nitrogen and oxygen atoms in total. The Hall–Kier alpha value is -2.11. The van der Waals surface area contributed by atoms with Crippen LogP contribution in [0.5, 0.6) is 0 Å². The molecule has 0 radical (unpaired) electrons. The fourth-order valence-corrected chi connectivity index (χ4v) is 1.96. The molecule has 2 rings (SSSR count). The van der Waals surface area contributed by atoms with Gasteiger partial charge in [-0.05, 0) is 50.2 Å². The highest BCUT2D eigenvalue weighted by Crippen LogP contribution is 2.12. The Morgan fingerprint density at radius 2 is 1.67 bits per heavy atom. The maximum absolute atomic E-state index is 12.1. The number of carbonyl (C=O) groups is 2. The number of aromatic nitrogens is 1. The fourth-order valence-electron chi connectivity index (χ4n) is 1.83. The molecule has 0 aliphatic rings. The Balaban J connectivity index is 0.00000288. The highest BCUT2D eigenvalue weighted by atomic mass is 35.5. The molecular weight excluding hydrogens is 351 g/mol. The first-order valence-electron chi connectivity index (χ1n) is 7.03. The summed E-state index contributed by atoms with van der Waals surface area (Å²) in [5.41, 5.74) is 0.199. The van der Waals surface area contributed by atoms with Gasteiger partial charge in [0.1, 0.15) is 6.61 Å². The van der Waals surface area contributed by atoms with Crippen molar-refractivity contribution in [2.24, 2.45) is 0 Å². The van der Waals surface area contributed by atoms with Crippen molar-refractivity contribution in [3.8, 4) is 0 Å². The number of ether oxygens (including phenoxy) is 1. The number of halogens is 2. The van der Waals surface area contributed by atoms with Crippen molar-refractivity contribution in [3.63, 3.8) is 0 Å². The molecular formula is C17H18Cl2N2O3. The van der Waals surface area contributed by atoms with Crippen LogP contribution in [0.2, 0.25) is 5.02 Å². The van der Waals surface area contributed by atoms with Crippen molar-refractivity contribution in [2.45, 2.75) is 19.4 Å². The molecule has 7 heteroatoms. The lowest BCUT2D eigenvalue weighted by Crippen LogP contribution is -2.47. The molecule has 0 saturated heterocycles. The summed E-state index contributed by atoms with van der Waals surface area (Å²) in [6, 6.07) is 9.65. The number of hydrogen-bond acceptors (Lipinski definition) is 4. The minimum atomic E-state index is -0.706. The first-order valence-corrected chi connectivity index (χ1v) is 7.40. The van der Waals surface area contributed by atoms with Crippen LogP contribution in [0, 0.1) is 0 Å². The zero-order chi connectivity index (χ0) is 16.9. The van der Waals surface area contributed by atoms with Gasteiger partial charge in [0.2, 0.25) is 0 Å². The zero-order valence-corrected chi connectivity index (χ0v) is 14.9. The van der Waals surface area contributed by atoms with Crippen LogP contribution in [0.1, 0.15) is 34.6 Å². The van der Waals surface area contributed by atoms with Crippen LogP contribution in [0.3, 0.4) is 0 Å². The Bertz CT molecular complexity index is 689. The van der Waals surface area contributed by atoms with Crippen molar-refractivity contribution >= 4 is 35.9 Å². The summed E-state index contributed by atoms with van der Waals surface area (Å²) in [4.78, 5) is 28.0. The second-order valence-corrected chi connectivity index (χ2v) is 6.09. The zero-order valence-electron chi connectivity index (χ0n) is 13.3. The number of carbonyl (C=O) groups excluding carboxylic acids is 2. The molecule has 128 valence electrons. The lowest BCUT2D eigenvalue weighted by Gasteiger charge is -2.25. The van der Waals surface area contributed by atoms with Gasteiger partial charge >= 0.3 is 5.97 Å². The van der Waals surface area contributed by atoms with Crippen molar-refractivity contribution < 1.29 is 14.3 Å². The van der Waals surface area contributed by atoms with Gasteiger partial charge in [-0.1, -0.05) is 11.6 Å². The normalized spacial score (nSPS) is 10.5. The van der Waals surface area contributed by atoms with Crippen LogP contribution in [-0.2, 0) is 4.74 Å². The lowest BCUT2D eigenvalue weighted by molar-refractivity contribution is 0.0390. The number of rotatable bonds is 5. The molecule has 0 saturated carbocycles. The summed E-state index contributed by atoms with van der Waals surface area (Å²) >= 11 is 5.78. The Morgan fingerprint density at radius 3 is 2.25 bits per heavy atom. The molecule has 1 N–H and O–H groups in total. The van der Waals surface area contributed by atoms with Crippen LogP contribution in [0.4, 0.5) is 0 Å². The molecule has 1 heterocycles. The van der Waals surface area contributed by atoms with Gasteiger partial charge < -0.3 is 10.1 Å². The van der Waals surface area contributed by atoms with E-state index in [4.69, 9.17) is 16.3 Å². The minimum Gasteiger partial charge on any atom is -0.460 e. The SMILES string of the molecule is CC(C)(COC(=O)c1ccc(Cl)cc1)NC(=O)c1ccncc1.Cl. The predicted molar refractivity (Wildman–Crippen MR) is 94.8 cm³/mol. The number of nitrogens with zero attached hydrogens (tertiary/aromatic N) is 1. The average molecular weight is 369 g/mol. The van der Waals surface area contributed by atoms with E-state index in [1.54, 1.807) is 62.6 Å². The molecule has 1 amide bonds. The third-order valence-corrected chi connectivity index (χ3v) is 3.29. The summed E-state index contributed by atoms with van der Waals surface area (Å²) in [7, 11) is 0. The molecule has 0 aliphatic carbocycles. The number of hydrogen-bond donors (Lipinski definition) is 1. The van der Waals surface area contributed by atoms with Crippen molar-refractivity contribution in [1.82, 2.24) is 10.3 Å². The molecule has 0 unspecified atom stereocenters. The smallest absolute Gasteiger partial charge is 0.338 e. The third kappa shape index (κ3) is 5.83. The van der Waals surface area contributed by atoms with Crippen LogP contribution < -0.4 is 5.32 Å². The number of esters is 1. The molecule has 1 aromatic heterocycles. The van der Waals surface area contributed by atoms with Crippen molar-refractivity contribution in [1.29, 1.82) is 0 Å². The molecule has 0 atom stereocenters. The van der Waals surface area contributed by atoms with Crippen LogP contribution >= 0.6 is 24.0 Å². The second-order valence-electron chi connectivity index (χ2n) is 5.66. The van der Waals surface area contributed by atoms with Gasteiger partial charge in [-0.25, -0.2) is 4.79 Å². The number of amides is 1. The predicted octanol–water partition coefficient (Wildman–Crippen LogP) is 3.52. The summed E-state index contributed by atoms with van der Waals surface area (Å²) in [5.74, 6) is -0.715. The van der Waals surface area contributed by atoms with Crippen LogP contribution in [-0.4, -0.2) is 29.0 Å². The van der Waals surface area contributed by atoms with Crippen LogP contribution in [0.15, 0.2) is 48.8 Å². The van der Waals surface area contributed by atoms with E-state index >= 15 is 0 Å². The minimum absolute atomic E-state index is 0. The van der Waals surface area contributed by atoms with E-state index in [1.807, 2.05) is 0 Å². The van der Waals surface area contributed by atoms with E-state index in [-0.39, 0.29) is 24.9 Å². The van der Waals surface area contributed by atoms with Gasteiger partial charge in [0.05, 0.1) is 11.1 Å². The molecule has 0 spiro atoms. The Kier molecular flexibility index (Phi) is 7.19. The largest absolute Gasteiger partial charge is 0.460 e. The van der Waals surface area contributed by atoms with Gasteiger partial charge in [-0.2, -0.15) is 0 Å². The van der Waals surface area contributed by atoms with E-state index in [0.717, 1.165) is 0 Å². The Morgan fingerprint density at radius 1 is 1.08 bits per heavy atom. The number of pyridine rings is 1. The molecule has 0 aliphatic heterocycles. The molecule has 2 aromatic rings. The maximum Gasteiger partial charge on any atom is 0.338 e. The van der Waals surface area contributed by atoms with E-state index < -0.39 is 11.5 Å². The average Bonchev–Trinajstić information content (AvgIpc) is 2.54. The molecule has 0 fully saturated rings. The molecule has 1 aromatic carbocycles. The first kappa shape index (κ1) is 19.9. The van der Waals surface area contributed by atoms with Gasteiger partial charge in [-0.15, -0.1) is 12.4 Å². The Labute approximate surface area is 151 Å². The van der Waals surface area contributed by atoms with E-state index in [2.05, 4.69) is 10.3 Å². The first-order chi connectivity index (χ1) is 10.9. The van der Waals surface area contributed by atoms with E-state index in [9.17, 15) is 9.59 Å². The second kappa shape index (κ2) is 8.66. The van der Waals surface area contributed by atoms with Crippen molar-refractivity contribution in [2.75, 3.05) is 6.61 Å². The highest BCUT2D eigenvalue weighted by Gasteiger charge is 2.23. The van der Waals surface area contributed by atoms with Gasteiger partial charge in [-0.3, -0.25) is 9.78 Å². The highest BCUT2D eigenvalue weighted by molar-refractivity contribution is 6.30. The monoisotopic (exact) mass is 368 g/mol. The quantitative estimate of drug-likeness (QED) is 0.819. The molecule has 24 heavy (non-hydrogen) atoms. The fraction of sp³-hybridized carbons (Fsp3) is 0.235. The summed E-state index contributed by atoms with van der Waals surface area (Å²) < 4.78 is 5.26. The summed E-state index contributed by atoms with van der Waals surface area (Å²) in [6.07, 6.45) is 3.09. The number of benzene rings is 1. The summed E-state index contributed by atoms with van der Waals surface area (Å²) in [6.45, 7) is 3.60. The van der Waals surface area contributed by atoms with Crippen LogP contribution in [0.25, 0.3) is 0 Å². The standard InChI is InChI=1S/C17H17ClN2O3.ClH/c1-17(2,20-15(21)12-7-9-19-10-8-12)11-23-16(22)13-3-5-14(18)6-4-13;/h3-10H,11H2,1-2H3,(H,20,21);1H. The third-order valence-electron chi connectivity index (χ3n) is 3.04. The maximum atomic E-state index is 12.1. The van der Waals surface area contributed by atoms with Crippen molar-refractivity contribution in [3.05, 3.63) is 64.9 Å². The summed E-state index contributed by atoms with van der Waals surface area (Å²) in [5, 5.41) is 3.37. The molecule has 0 bridgehead atoms. The topological polar surface area (TPSA) is 68.3 Å².